The maximum absolute atomic E-state index is 14.0. The van der Waals surface area contributed by atoms with Gasteiger partial charge in [0.25, 0.3) is 0 Å². The lowest BCUT2D eigenvalue weighted by molar-refractivity contribution is -0.141. The molecule has 5 rings (SSSR count). The molecule has 39 heavy (non-hydrogen) atoms. The number of hydrogen-bond acceptors (Lipinski definition) is 5. The van der Waals surface area contributed by atoms with E-state index >= 15 is 0 Å². The van der Waals surface area contributed by atoms with Crippen molar-refractivity contribution < 1.29 is 24.5 Å². The van der Waals surface area contributed by atoms with Crippen LogP contribution < -0.4 is 10.1 Å². The third-order valence-corrected chi connectivity index (χ3v) is 9.44. The number of ether oxygens (including phenoxy) is 1. The van der Waals surface area contributed by atoms with Crippen LogP contribution in [0.4, 0.5) is 0 Å². The molecule has 2 bridgehead atoms. The maximum atomic E-state index is 14.0. The molecule has 3 aliphatic carbocycles. The molecule has 7 nitrogen and oxygen atoms in total. The van der Waals surface area contributed by atoms with Gasteiger partial charge in [-0.2, -0.15) is 0 Å². The average Bonchev–Trinajstić information content (AvgIpc) is 3.57. The van der Waals surface area contributed by atoms with Crippen LogP contribution in [0.3, 0.4) is 0 Å². The Hall–Kier alpha value is -2.43. The molecule has 2 saturated carbocycles. The third kappa shape index (κ3) is 6.66. The van der Waals surface area contributed by atoms with E-state index < -0.39 is 18.2 Å². The topological polar surface area (TPSA) is 99.1 Å². The lowest BCUT2D eigenvalue weighted by Gasteiger charge is -2.41. The number of carbonyl (C=O) groups excluding carboxylic acids is 2. The summed E-state index contributed by atoms with van der Waals surface area (Å²) in [5.74, 6) is 2.05. The van der Waals surface area contributed by atoms with Crippen LogP contribution in [-0.2, 0) is 16.1 Å². The van der Waals surface area contributed by atoms with Crippen LogP contribution in [-0.4, -0.2) is 58.3 Å². The fraction of sp³-hybridized carbons (Fsp3) is 0.484. The van der Waals surface area contributed by atoms with E-state index in [-0.39, 0.29) is 31.4 Å². The Balaban J connectivity index is 1.44. The van der Waals surface area contributed by atoms with Crippen LogP contribution in [0.25, 0.3) is 0 Å². The Morgan fingerprint density at radius 1 is 1.05 bits per heavy atom. The standard InChI is InChI=1S/C31H37IN2O5/c32-25-8-4-5-9-27(25)39-28-17-24(31(38)33-12-13-35)16-26(30(28)37)34(19-20-6-2-1-3-7-20)29(36)18-23-15-21-10-11-22(23)14-21/h1-9,17,21-23,26,28,30,35,37H,10-16,18-19H2,(H,33,38)/t21?,22?,23?,26-,28+,30+/m1/s1. The maximum Gasteiger partial charge on any atom is 0.247 e. The van der Waals surface area contributed by atoms with Crippen LogP contribution >= 0.6 is 22.6 Å². The number of aliphatic hydroxyl groups excluding tert-OH is 2. The molecule has 3 aliphatic rings. The van der Waals surface area contributed by atoms with Crippen molar-refractivity contribution in [3.63, 3.8) is 0 Å². The lowest BCUT2D eigenvalue weighted by Crippen LogP contribution is -2.55. The van der Waals surface area contributed by atoms with E-state index in [9.17, 15) is 19.8 Å². The van der Waals surface area contributed by atoms with E-state index in [1.54, 1.807) is 11.0 Å². The number of fused-ring (bicyclic) bond motifs is 2. The van der Waals surface area contributed by atoms with E-state index in [1.165, 1.54) is 19.3 Å². The van der Waals surface area contributed by atoms with Crippen LogP contribution in [0.1, 0.15) is 44.1 Å². The summed E-state index contributed by atoms with van der Waals surface area (Å²) in [5.41, 5.74) is 1.42. The van der Waals surface area contributed by atoms with E-state index in [1.807, 2.05) is 54.6 Å². The van der Waals surface area contributed by atoms with E-state index in [4.69, 9.17) is 4.74 Å². The van der Waals surface area contributed by atoms with Crippen molar-refractivity contribution in [2.75, 3.05) is 13.2 Å². The molecule has 0 spiro atoms. The van der Waals surface area contributed by atoms with Gasteiger partial charge in [-0.1, -0.05) is 48.9 Å². The van der Waals surface area contributed by atoms with Gasteiger partial charge in [-0.05, 0) is 83.4 Å². The first-order valence-electron chi connectivity index (χ1n) is 13.9. The normalized spacial score (nSPS) is 27.6. The van der Waals surface area contributed by atoms with Gasteiger partial charge in [-0.3, -0.25) is 9.59 Å². The predicted molar refractivity (Wildman–Crippen MR) is 157 cm³/mol. The number of para-hydroxylation sites is 1. The number of nitrogens with zero attached hydrogens (tertiary/aromatic N) is 1. The molecule has 0 saturated heterocycles. The summed E-state index contributed by atoms with van der Waals surface area (Å²) in [5, 5.41) is 23.6. The second-order valence-corrected chi connectivity index (χ2v) is 12.3. The first-order valence-corrected chi connectivity index (χ1v) is 15.0. The zero-order valence-corrected chi connectivity index (χ0v) is 24.2. The average molecular weight is 645 g/mol. The molecular formula is C31H37IN2O5. The third-order valence-electron chi connectivity index (χ3n) is 8.55. The highest BCUT2D eigenvalue weighted by Crippen LogP contribution is 2.49. The summed E-state index contributed by atoms with van der Waals surface area (Å²) in [6, 6.07) is 16.7. The van der Waals surface area contributed by atoms with Gasteiger partial charge < -0.3 is 25.2 Å². The van der Waals surface area contributed by atoms with Crippen LogP contribution in [0.15, 0.2) is 66.2 Å². The van der Waals surface area contributed by atoms with E-state index in [0.717, 1.165) is 21.5 Å². The van der Waals surface area contributed by atoms with Crippen molar-refractivity contribution in [3.8, 4) is 5.75 Å². The van der Waals surface area contributed by atoms with Gasteiger partial charge in [0.2, 0.25) is 11.8 Å². The summed E-state index contributed by atoms with van der Waals surface area (Å²) >= 11 is 2.18. The Labute approximate surface area is 243 Å². The van der Waals surface area contributed by atoms with Crippen molar-refractivity contribution in [1.82, 2.24) is 10.2 Å². The molecule has 0 aliphatic heterocycles. The second kappa shape index (κ2) is 12.8. The Bertz CT molecular complexity index is 1190. The van der Waals surface area contributed by atoms with Crippen LogP contribution in [0, 0.1) is 21.3 Å². The largest absolute Gasteiger partial charge is 0.482 e. The number of hydrogen-bond donors (Lipinski definition) is 3. The van der Waals surface area contributed by atoms with Gasteiger partial charge in [0.1, 0.15) is 18.0 Å². The number of aliphatic hydroxyl groups is 2. The van der Waals surface area contributed by atoms with Crippen molar-refractivity contribution in [1.29, 1.82) is 0 Å². The zero-order chi connectivity index (χ0) is 27.4. The minimum absolute atomic E-state index is 0.0190. The Morgan fingerprint density at radius 3 is 2.51 bits per heavy atom. The first-order chi connectivity index (χ1) is 18.9. The molecule has 0 radical (unpaired) electrons. The monoisotopic (exact) mass is 644 g/mol. The number of halogens is 1. The van der Waals surface area contributed by atoms with Gasteiger partial charge in [-0.15, -0.1) is 0 Å². The Kier molecular flexibility index (Phi) is 9.25. The summed E-state index contributed by atoms with van der Waals surface area (Å²) < 4.78 is 7.15. The minimum atomic E-state index is -1.02. The predicted octanol–water partition coefficient (Wildman–Crippen LogP) is 4.06. The van der Waals surface area contributed by atoms with Gasteiger partial charge in [0.05, 0.1) is 16.2 Å². The smallest absolute Gasteiger partial charge is 0.247 e. The van der Waals surface area contributed by atoms with Gasteiger partial charge in [-0.25, -0.2) is 0 Å². The highest BCUT2D eigenvalue weighted by Gasteiger charge is 2.44. The fourth-order valence-corrected chi connectivity index (χ4v) is 7.12. The summed E-state index contributed by atoms with van der Waals surface area (Å²) in [7, 11) is 0. The molecule has 0 heterocycles. The quantitative estimate of drug-likeness (QED) is 0.339. The fourth-order valence-electron chi connectivity index (χ4n) is 6.60. The highest BCUT2D eigenvalue weighted by atomic mass is 127. The summed E-state index contributed by atoms with van der Waals surface area (Å²) in [6.45, 7) is 0.307. The molecule has 8 heteroatoms. The summed E-state index contributed by atoms with van der Waals surface area (Å²) in [6.07, 6.45) is 5.32. The molecule has 6 atom stereocenters. The number of carbonyl (C=O) groups is 2. The molecular weight excluding hydrogens is 607 g/mol. The van der Waals surface area contributed by atoms with Gasteiger partial charge in [0.15, 0.2) is 0 Å². The number of amides is 2. The number of rotatable bonds is 10. The van der Waals surface area contributed by atoms with Gasteiger partial charge >= 0.3 is 0 Å². The van der Waals surface area contributed by atoms with Crippen molar-refractivity contribution in [3.05, 3.63) is 75.4 Å². The Morgan fingerprint density at radius 2 is 1.82 bits per heavy atom. The lowest BCUT2D eigenvalue weighted by atomic mass is 9.84. The molecule has 208 valence electrons. The minimum Gasteiger partial charge on any atom is -0.482 e. The number of nitrogens with one attached hydrogen (secondary N) is 1. The molecule has 2 amide bonds. The summed E-state index contributed by atoms with van der Waals surface area (Å²) in [4.78, 5) is 28.9. The molecule has 0 aromatic heterocycles. The van der Waals surface area contributed by atoms with Crippen molar-refractivity contribution in [2.24, 2.45) is 17.8 Å². The van der Waals surface area contributed by atoms with Crippen molar-refractivity contribution in [2.45, 2.75) is 63.3 Å². The van der Waals surface area contributed by atoms with E-state index in [2.05, 4.69) is 27.9 Å². The second-order valence-electron chi connectivity index (χ2n) is 11.1. The van der Waals surface area contributed by atoms with Crippen LogP contribution in [0.5, 0.6) is 5.75 Å². The molecule has 3 unspecified atom stereocenters. The zero-order valence-electron chi connectivity index (χ0n) is 22.0. The van der Waals surface area contributed by atoms with E-state index in [0.29, 0.717) is 36.1 Å². The number of benzene rings is 2. The van der Waals surface area contributed by atoms with Crippen LogP contribution in [0.2, 0.25) is 0 Å². The van der Waals surface area contributed by atoms with Gasteiger partial charge in [0, 0.05) is 31.5 Å². The molecule has 2 aromatic carbocycles. The molecule has 2 aromatic rings. The first kappa shape index (κ1) is 28.1. The highest BCUT2D eigenvalue weighted by molar-refractivity contribution is 14.1. The SMILES string of the molecule is O=C(NCCO)C1=C[C@H](Oc2ccccc2I)[C@@H](O)[C@H](N(Cc2ccccc2)C(=O)CC2CC3CCC2C3)C1. The molecule has 2 fully saturated rings. The van der Waals surface area contributed by atoms with Crippen molar-refractivity contribution >= 4 is 34.4 Å². The molecule has 3 N–H and O–H groups in total.